The number of nitriles is 1. The van der Waals surface area contributed by atoms with Crippen molar-refractivity contribution in [3.05, 3.63) is 29.3 Å². The second-order valence-electron chi connectivity index (χ2n) is 4.58. The maximum Gasteiger partial charge on any atom is 0.197 e. The standard InChI is InChI=1S/C12H12ClNO2S/c1-9-6-12(7-9,8-14)17(15,16)11-4-2-10(13)3-5-11/h2-5,9H,6-7H2,1H3. The Hall–Kier alpha value is -1.05. The van der Waals surface area contributed by atoms with Gasteiger partial charge in [-0.05, 0) is 43.0 Å². The number of halogens is 1. The third-order valence-electron chi connectivity index (χ3n) is 3.20. The molecule has 0 saturated heterocycles. The first kappa shape index (κ1) is 12.4. The van der Waals surface area contributed by atoms with E-state index in [9.17, 15) is 8.42 Å². The molecule has 17 heavy (non-hydrogen) atoms. The predicted molar refractivity (Wildman–Crippen MR) is 65.4 cm³/mol. The number of hydrogen-bond acceptors (Lipinski definition) is 3. The van der Waals surface area contributed by atoms with E-state index in [0.29, 0.717) is 17.9 Å². The third-order valence-corrected chi connectivity index (χ3v) is 5.80. The van der Waals surface area contributed by atoms with Gasteiger partial charge in [-0.3, -0.25) is 0 Å². The van der Waals surface area contributed by atoms with Crippen molar-refractivity contribution in [3.8, 4) is 6.07 Å². The molecule has 0 atom stereocenters. The van der Waals surface area contributed by atoms with Gasteiger partial charge in [-0.15, -0.1) is 0 Å². The van der Waals surface area contributed by atoms with Gasteiger partial charge in [-0.25, -0.2) is 8.42 Å². The van der Waals surface area contributed by atoms with Crippen LogP contribution in [0.15, 0.2) is 29.2 Å². The van der Waals surface area contributed by atoms with Gasteiger partial charge in [0.05, 0.1) is 11.0 Å². The van der Waals surface area contributed by atoms with Crippen LogP contribution in [0.25, 0.3) is 0 Å². The smallest absolute Gasteiger partial charge is 0.197 e. The molecule has 2 rings (SSSR count). The largest absolute Gasteiger partial charge is 0.222 e. The van der Waals surface area contributed by atoms with Gasteiger partial charge in [-0.2, -0.15) is 5.26 Å². The first-order chi connectivity index (χ1) is 7.91. The van der Waals surface area contributed by atoms with Gasteiger partial charge in [0.2, 0.25) is 0 Å². The summed E-state index contributed by atoms with van der Waals surface area (Å²) in [6, 6.07) is 7.95. The zero-order chi connectivity index (χ0) is 12.7. The van der Waals surface area contributed by atoms with Crippen molar-refractivity contribution in [2.45, 2.75) is 29.4 Å². The molecule has 1 aromatic carbocycles. The summed E-state index contributed by atoms with van der Waals surface area (Å²) in [6.07, 6.45) is 0.822. The van der Waals surface area contributed by atoms with E-state index in [0.717, 1.165) is 0 Å². The lowest BCUT2D eigenvalue weighted by Gasteiger charge is -2.39. The SMILES string of the molecule is CC1CC(C#N)(S(=O)(=O)c2ccc(Cl)cc2)C1. The molecule has 1 aromatic rings. The summed E-state index contributed by atoms with van der Waals surface area (Å²) >= 11 is 5.72. The molecular weight excluding hydrogens is 258 g/mol. The first-order valence-electron chi connectivity index (χ1n) is 5.33. The van der Waals surface area contributed by atoms with Crippen LogP contribution in [-0.4, -0.2) is 13.2 Å². The first-order valence-corrected chi connectivity index (χ1v) is 7.19. The van der Waals surface area contributed by atoms with Crippen LogP contribution in [-0.2, 0) is 9.84 Å². The van der Waals surface area contributed by atoms with E-state index in [1.165, 1.54) is 24.3 Å². The van der Waals surface area contributed by atoms with Crippen molar-refractivity contribution >= 4 is 21.4 Å². The van der Waals surface area contributed by atoms with Crippen LogP contribution in [0.1, 0.15) is 19.8 Å². The number of rotatable bonds is 2. The van der Waals surface area contributed by atoms with E-state index in [1.54, 1.807) is 0 Å². The minimum Gasteiger partial charge on any atom is -0.222 e. The van der Waals surface area contributed by atoms with Crippen LogP contribution in [0.5, 0.6) is 0 Å². The van der Waals surface area contributed by atoms with Crippen LogP contribution in [0.2, 0.25) is 5.02 Å². The highest BCUT2D eigenvalue weighted by Crippen LogP contribution is 2.46. The van der Waals surface area contributed by atoms with Gasteiger partial charge in [0.1, 0.15) is 0 Å². The molecule has 5 heteroatoms. The van der Waals surface area contributed by atoms with Gasteiger partial charge in [0.15, 0.2) is 14.6 Å². The molecule has 1 fully saturated rings. The molecule has 1 aliphatic carbocycles. The van der Waals surface area contributed by atoms with Gasteiger partial charge in [-0.1, -0.05) is 18.5 Å². The number of sulfone groups is 1. The van der Waals surface area contributed by atoms with E-state index in [-0.39, 0.29) is 10.8 Å². The molecule has 3 nitrogen and oxygen atoms in total. The Morgan fingerprint density at radius 3 is 2.29 bits per heavy atom. The average molecular weight is 270 g/mol. The predicted octanol–water partition coefficient (Wildman–Crippen LogP) is 2.81. The lowest BCUT2D eigenvalue weighted by molar-refractivity contribution is 0.287. The number of nitrogens with zero attached hydrogens (tertiary/aromatic N) is 1. The van der Waals surface area contributed by atoms with Crippen LogP contribution in [0, 0.1) is 17.2 Å². The van der Waals surface area contributed by atoms with Crippen LogP contribution < -0.4 is 0 Å². The van der Waals surface area contributed by atoms with Gasteiger partial charge < -0.3 is 0 Å². The molecular formula is C12H12ClNO2S. The summed E-state index contributed by atoms with van der Waals surface area (Å²) < 4.78 is 23.5. The van der Waals surface area contributed by atoms with Crippen LogP contribution >= 0.6 is 11.6 Å². The van der Waals surface area contributed by atoms with E-state index < -0.39 is 14.6 Å². The second-order valence-corrected chi connectivity index (χ2v) is 7.27. The Bertz CT molecular complexity index is 566. The summed E-state index contributed by atoms with van der Waals surface area (Å²) in [6.45, 7) is 1.95. The van der Waals surface area contributed by atoms with Crippen molar-refractivity contribution in [1.82, 2.24) is 0 Å². The number of hydrogen-bond donors (Lipinski definition) is 0. The Labute approximate surface area is 106 Å². The average Bonchev–Trinajstić information content (AvgIpc) is 2.24. The second kappa shape index (κ2) is 4.01. The fraction of sp³-hybridized carbons (Fsp3) is 0.417. The highest BCUT2D eigenvalue weighted by atomic mass is 35.5. The molecule has 1 aliphatic rings. The molecule has 1 saturated carbocycles. The summed E-state index contributed by atoms with van der Waals surface area (Å²) in [4.78, 5) is 0.176. The molecule has 0 heterocycles. The minimum atomic E-state index is -3.58. The lowest BCUT2D eigenvalue weighted by Crippen LogP contribution is -2.48. The fourth-order valence-electron chi connectivity index (χ4n) is 2.28. The van der Waals surface area contributed by atoms with E-state index in [1.807, 2.05) is 13.0 Å². The van der Waals surface area contributed by atoms with Crippen molar-refractivity contribution in [2.75, 3.05) is 0 Å². The molecule has 0 N–H and O–H groups in total. The summed E-state index contributed by atoms with van der Waals surface area (Å²) in [5.74, 6) is 0.289. The molecule has 0 aliphatic heterocycles. The summed E-state index contributed by atoms with van der Waals surface area (Å²) in [5, 5.41) is 9.63. The Kier molecular flexibility index (Phi) is 2.92. The Morgan fingerprint density at radius 1 is 1.35 bits per heavy atom. The summed E-state index contributed by atoms with van der Waals surface area (Å²) in [5.41, 5.74) is 0. The quantitative estimate of drug-likeness (QED) is 0.829. The Balaban J connectivity index is 2.44. The molecule has 90 valence electrons. The topological polar surface area (TPSA) is 57.9 Å². The Morgan fingerprint density at radius 2 is 1.88 bits per heavy atom. The van der Waals surface area contributed by atoms with Crippen molar-refractivity contribution in [1.29, 1.82) is 5.26 Å². The van der Waals surface area contributed by atoms with E-state index in [4.69, 9.17) is 16.9 Å². The van der Waals surface area contributed by atoms with Crippen molar-refractivity contribution < 1.29 is 8.42 Å². The minimum absolute atomic E-state index is 0.176. The lowest BCUT2D eigenvalue weighted by atomic mass is 9.76. The molecule has 0 aromatic heterocycles. The molecule has 0 unspecified atom stereocenters. The van der Waals surface area contributed by atoms with Gasteiger partial charge in [0.25, 0.3) is 0 Å². The molecule has 0 bridgehead atoms. The number of benzene rings is 1. The van der Waals surface area contributed by atoms with Crippen molar-refractivity contribution in [3.63, 3.8) is 0 Å². The summed E-state index contributed by atoms with van der Waals surface area (Å²) in [7, 11) is -3.58. The van der Waals surface area contributed by atoms with Gasteiger partial charge in [0, 0.05) is 5.02 Å². The van der Waals surface area contributed by atoms with E-state index >= 15 is 0 Å². The highest BCUT2D eigenvalue weighted by Gasteiger charge is 2.53. The van der Waals surface area contributed by atoms with E-state index in [2.05, 4.69) is 0 Å². The normalized spacial score (nSPS) is 28.2. The van der Waals surface area contributed by atoms with Crippen LogP contribution in [0.4, 0.5) is 0 Å². The maximum atomic E-state index is 12.4. The highest BCUT2D eigenvalue weighted by molar-refractivity contribution is 7.93. The fourth-order valence-corrected chi connectivity index (χ4v) is 4.48. The van der Waals surface area contributed by atoms with Crippen molar-refractivity contribution in [2.24, 2.45) is 5.92 Å². The maximum absolute atomic E-state index is 12.4. The molecule has 0 spiro atoms. The third kappa shape index (κ3) is 1.84. The monoisotopic (exact) mass is 269 g/mol. The molecule has 0 radical (unpaired) electrons. The molecule has 0 amide bonds. The van der Waals surface area contributed by atoms with Crippen LogP contribution in [0.3, 0.4) is 0 Å². The van der Waals surface area contributed by atoms with Gasteiger partial charge >= 0.3 is 0 Å². The zero-order valence-electron chi connectivity index (χ0n) is 9.35. The zero-order valence-corrected chi connectivity index (χ0v) is 10.9.